The van der Waals surface area contributed by atoms with E-state index in [0.29, 0.717) is 19.6 Å². The fourth-order valence-electron chi connectivity index (χ4n) is 1.27. The maximum atomic E-state index is 11.5. The molecule has 100 valence electrons. The van der Waals surface area contributed by atoms with Gasteiger partial charge in [-0.3, -0.25) is 9.59 Å². The van der Waals surface area contributed by atoms with Crippen LogP contribution in [0.2, 0.25) is 0 Å². The van der Waals surface area contributed by atoms with Crippen LogP contribution in [0.25, 0.3) is 0 Å². The molecule has 5 N–H and O–H groups in total. The van der Waals surface area contributed by atoms with Gasteiger partial charge in [0.2, 0.25) is 11.8 Å². The lowest BCUT2D eigenvalue weighted by atomic mass is 10.1. The molecular weight excluding hydrogens is 220 g/mol. The van der Waals surface area contributed by atoms with Gasteiger partial charge in [0.05, 0.1) is 0 Å². The van der Waals surface area contributed by atoms with E-state index in [9.17, 15) is 9.59 Å². The molecule has 0 aliphatic heterocycles. The molecule has 0 aliphatic rings. The third-order valence-electron chi connectivity index (χ3n) is 2.32. The van der Waals surface area contributed by atoms with E-state index in [1.54, 1.807) is 0 Å². The zero-order valence-corrected chi connectivity index (χ0v) is 10.7. The van der Waals surface area contributed by atoms with Crippen molar-refractivity contribution in [2.24, 2.45) is 11.7 Å². The van der Waals surface area contributed by atoms with E-state index < -0.39 is 0 Å². The van der Waals surface area contributed by atoms with Crippen LogP contribution in [0.1, 0.15) is 20.3 Å². The fourth-order valence-corrected chi connectivity index (χ4v) is 1.27. The van der Waals surface area contributed by atoms with Crippen LogP contribution in [0.15, 0.2) is 0 Å². The van der Waals surface area contributed by atoms with Gasteiger partial charge in [0.15, 0.2) is 0 Å². The van der Waals surface area contributed by atoms with Gasteiger partial charge in [-0.2, -0.15) is 0 Å². The lowest BCUT2D eigenvalue weighted by molar-refractivity contribution is -0.124. The zero-order chi connectivity index (χ0) is 13.1. The van der Waals surface area contributed by atoms with Crippen molar-refractivity contribution in [3.63, 3.8) is 0 Å². The van der Waals surface area contributed by atoms with Gasteiger partial charge in [0.25, 0.3) is 0 Å². The molecule has 0 bridgehead atoms. The summed E-state index contributed by atoms with van der Waals surface area (Å²) >= 11 is 0. The molecule has 0 rings (SSSR count). The van der Waals surface area contributed by atoms with Gasteiger partial charge in [-0.25, -0.2) is 0 Å². The number of nitrogens with two attached hydrogens (primary N) is 1. The van der Waals surface area contributed by atoms with E-state index in [-0.39, 0.29) is 17.7 Å². The molecule has 6 heteroatoms. The Morgan fingerprint density at radius 2 is 1.82 bits per heavy atom. The molecule has 0 fully saturated rings. The molecule has 0 aromatic heterocycles. The highest BCUT2D eigenvalue weighted by Crippen LogP contribution is 1.99. The molecule has 6 nitrogen and oxygen atoms in total. The minimum Gasteiger partial charge on any atom is -0.355 e. The van der Waals surface area contributed by atoms with Gasteiger partial charge in [-0.05, 0) is 13.0 Å². The summed E-state index contributed by atoms with van der Waals surface area (Å²) in [4.78, 5) is 22.0. The topological polar surface area (TPSA) is 96.2 Å². The van der Waals surface area contributed by atoms with Crippen LogP contribution in [0, 0.1) is 5.92 Å². The Kier molecular flexibility index (Phi) is 9.37. The lowest BCUT2D eigenvalue weighted by Crippen LogP contribution is -2.35. The molecule has 2 amide bonds. The molecule has 0 aromatic carbocycles. The summed E-state index contributed by atoms with van der Waals surface area (Å²) in [5.41, 5.74) is 5.29. The first-order valence-corrected chi connectivity index (χ1v) is 6.00. The largest absolute Gasteiger partial charge is 0.355 e. The highest BCUT2D eigenvalue weighted by Gasteiger charge is 2.10. The second-order valence-corrected chi connectivity index (χ2v) is 4.00. The van der Waals surface area contributed by atoms with Crippen LogP contribution in [0.4, 0.5) is 0 Å². The van der Waals surface area contributed by atoms with Gasteiger partial charge in [-0.15, -0.1) is 0 Å². The highest BCUT2D eigenvalue weighted by atomic mass is 16.2. The molecule has 1 unspecified atom stereocenters. The molecule has 0 aromatic rings. The summed E-state index contributed by atoms with van der Waals surface area (Å²) in [5.74, 6) is -0.00439. The number of carbonyl (C=O) groups is 2. The van der Waals surface area contributed by atoms with Gasteiger partial charge >= 0.3 is 0 Å². The average Bonchev–Trinajstić information content (AvgIpc) is 2.29. The number of hydrogen-bond donors (Lipinski definition) is 4. The summed E-state index contributed by atoms with van der Waals surface area (Å²) < 4.78 is 0. The number of rotatable bonds is 9. The Balaban J connectivity index is 3.41. The second-order valence-electron chi connectivity index (χ2n) is 4.00. The first kappa shape index (κ1) is 15.9. The number of hydrogen-bond acceptors (Lipinski definition) is 4. The summed E-state index contributed by atoms with van der Waals surface area (Å²) in [5, 5.41) is 8.60. The molecule has 1 atom stereocenters. The molecule has 0 radical (unpaired) electrons. The van der Waals surface area contributed by atoms with Crippen LogP contribution < -0.4 is 21.7 Å². The maximum absolute atomic E-state index is 11.5. The maximum Gasteiger partial charge on any atom is 0.222 e. The Morgan fingerprint density at radius 3 is 2.41 bits per heavy atom. The van der Waals surface area contributed by atoms with Crippen molar-refractivity contribution in [3.8, 4) is 0 Å². The predicted molar refractivity (Wildman–Crippen MR) is 67.4 cm³/mol. The minimum absolute atomic E-state index is 0.0187. The lowest BCUT2D eigenvalue weighted by Gasteiger charge is -2.12. The number of amides is 2. The summed E-state index contributed by atoms with van der Waals surface area (Å²) in [7, 11) is 0. The van der Waals surface area contributed by atoms with Gasteiger partial charge in [0, 0.05) is 39.0 Å². The smallest absolute Gasteiger partial charge is 0.222 e. The van der Waals surface area contributed by atoms with Crippen molar-refractivity contribution in [2.45, 2.75) is 20.3 Å². The van der Waals surface area contributed by atoms with E-state index in [2.05, 4.69) is 16.0 Å². The van der Waals surface area contributed by atoms with Crippen molar-refractivity contribution < 1.29 is 9.59 Å². The standard InChI is InChI=1S/C11H24N4O2/c1-9(11(17)15-6-4-12)3-5-13-7-8-14-10(2)16/h9,13H,3-8,12H2,1-2H3,(H,14,16)(H,15,17). The quantitative estimate of drug-likeness (QED) is 0.384. The van der Waals surface area contributed by atoms with Crippen LogP contribution >= 0.6 is 0 Å². The summed E-state index contributed by atoms with van der Waals surface area (Å²) in [6.07, 6.45) is 0.774. The van der Waals surface area contributed by atoms with E-state index in [0.717, 1.165) is 19.5 Å². The van der Waals surface area contributed by atoms with Crippen LogP contribution in [0.5, 0.6) is 0 Å². The average molecular weight is 244 g/mol. The van der Waals surface area contributed by atoms with Crippen molar-refractivity contribution in [1.82, 2.24) is 16.0 Å². The molecule has 0 heterocycles. The first-order chi connectivity index (χ1) is 8.07. The van der Waals surface area contributed by atoms with E-state index in [1.807, 2.05) is 6.92 Å². The van der Waals surface area contributed by atoms with Gasteiger partial charge in [-0.1, -0.05) is 6.92 Å². The van der Waals surface area contributed by atoms with Crippen LogP contribution in [-0.2, 0) is 9.59 Å². The van der Waals surface area contributed by atoms with Crippen molar-refractivity contribution in [1.29, 1.82) is 0 Å². The zero-order valence-electron chi connectivity index (χ0n) is 10.7. The highest BCUT2D eigenvalue weighted by molar-refractivity contribution is 5.78. The molecule has 0 spiro atoms. The van der Waals surface area contributed by atoms with Crippen molar-refractivity contribution in [3.05, 3.63) is 0 Å². The fraction of sp³-hybridized carbons (Fsp3) is 0.818. The first-order valence-electron chi connectivity index (χ1n) is 6.00. The second kappa shape index (κ2) is 10.0. The van der Waals surface area contributed by atoms with E-state index in [4.69, 9.17) is 5.73 Å². The Bertz CT molecular complexity index is 234. The SMILES string of the molecule is CC(=O)NCCNCCC(C)C(=O)NCCN. The third-order valence-corrected chi connectivity index (χ3v) is 2.32. The number of nitrogens with one attached hydrogen (secondary N) is 3. The van der Waals surface area contributed by atoms with Gasteiger partial charge in [0.1, 0.15) is 0 Å². The van der Waals surface area contributed by atoms with Crippen molar-refractivity contribution in [2.75, 3.05) is 32.7 Å². The minimum atomic E-state index is -0.0265. The van der Waals surface area contributed by atoms with Gasteiger partial charge < -0.3 is 21.7 Å². The molecule has 0 saturated carbocycles. The Morgan fingerprint density at radius 1 is 1.12 bits per heavy atom. The normalized spacial score (nSPS) is 11.9. The molecule has 0 aliphatic carbocycles. The van der Waals surface area contributed by atoms with Crippen LogP contribution in [0.3, 0.4) is 0 Å². The summed E-state index contributed by atoms with van der Waals surface area (Å²) in [6, 6.07) is 0. The predicted octanol–water partition coefficient (Wildman–Crippen LogP) is -1.19. The summed E-state index contributed by atoms with van der Waals surface area (Å²) in [6.45, 7) is 6.47. The van der Waals surface area contributed by atoms with E-state index in [1.165, 1.54) is 6.92 Å². The molecule has 0 saturated heterocycles. The third kappa shape index (κ3) is 9.77. The Labute approximate surface area is 103 Å². The Hall–Kier alpha value is -1.14. The monoisotopic (exact) mass is 244 g/mol. The number of carbonyl (C=O) groups excluding carboxylic acids is 2. The van der Waals surface area contributed by atoms with Crippen molar-refractivity contribution >= 4 is 11.8 Å². The molecular formula is C11H24N4O2. The van der Waals surface area contributed by atoms with Crippen LogP contribution in [-0.4, -0.2) is 44.5 Å². The molecule has 17 heavy (non-hydrogen) atoms. The van der Waals surface area contributed by atoms with E-state index >= 15 is 0 Å².